The Morgan fingerprint density at radius 1 is 1.25 bits per heavy atom. The van der Waals surface area contributed by atoms with Crippen molar-refractivity contribution in [2.75, 3.05) is 11.9 Å². The molecule has 1 aromatic carbocycles. The van der Waals surface area contributed by atoms with Crippen molar-refractivity contribution in [2.24, 2.45) is 0 Å². The highest BCUT2D eigenvalue weighted by Crippen LogP contribution is 2.25. The van der Waals surface area contributed by atoms with Gasteiger partial charge in [-0.05, 0) is 45.4 Å². The molecule has 24 heavy (non-hydrogen) atoms. The third-order valence-corrected chi connectivity index (χ3v) is 3.40. The summed E-state index contributed by atoms with van der Waals surface area (Å²) in [6, 6.07) is 5.57. The van der Waals surface area contributed by atoms with Crippen molar-refractivity contribution < 1.29 is 14.3 Å². The molecule has 3 amide bonds. The fourth-order valence-corrected chi connectivity index (χ4v) is 1.87. The second-order valence-corrected chi connectivity index (χ2v) is 5.39. The van der Waals surface area contributed by atoms with Gasteiger partial charge in [0.2, 0.25) is 5.91 Å². The van der Waals surface area contributed by atoms with Crippen LogP contribution in [0, 0.1) is 11.3 Å². The average molecular weight is 332 g/mol. The van der Waals surface area contributed by atoms with Crippen LogP contribution in [0.25, 0.3) is 0 Å². The maximum atomic E-state index is 12.1. The van der Waals surface area contributed by atoms with Crippen molar-refractivity contribution in [2.45, 2.75) is 46.2 Å². The second-order valence-electron chi connectivity index (χ2n) is 5.39. The van der Waals surface area contributed by atoms with Crippen LogP contribution in [0.5, 0.6) is 5.75 Å². The molecule has 0 bridgehead atoms. The van der Waals surface area contributed by atoms with Gasteiger partial charge in [-0.1, -0.05) is 6.92 Å². The molecule has 0 unspecified atom stereocenters. The molecule has 130 valence electrons. The highest BCUT2D eigenvalue weighted by molar-refractivity contribution is 5.94. The van der Waals surface area contributed by atoms with E-state index in [1.165, 1.54) is 6.07 Å². The quantitative estimate of drug-likeness (QED) is 0.713. The molecule has 0 aliphatic rings. The van der Waals surface area contributed by atoms with Gasteiger partial charge in [0.1, 0.15) is 11.8 Å². The lowest BCUT2D eigenvalue weighted by atomic mass is 10.2. The first-order valence-corrected chi connectivity index (χ1v) is 7.96. The molecule has 1 aromatic rings. The highest BCUT2D eigenvalue weighted by Gasteiger charge is 2.17. The minimum Gasteiger partial charge on any atom is -0.492 e. The lowest BCUT2D eigenvalue weighted by Crippen LogP contribution is -2.48. The molecule has 0 heterocycles. The van der Waals surface area contributed by atoms with Crippen LogP contribution in [-0.4, -0.2) is 30.6 Å². The fourth-order valence-electron chi connectivity index (χ4n) is 1.87. The molecule has 0 aliphatic carbocycles. The van der Waals surface area contributed by atoms with Crippen molar-refractivity contribution in [3.8, 4) is 11.8 Å². The van der Waals surface area contributed by atoms with Gasteiger partial charge in [-0.2, -0.15) is 5.26 Å². The molecular weight excluding hydrogens is 308 g/mol. The first-order valence-electron chi connectivity index (χ1n) is 7.96. The van der Waals surface area contributed by atoms with E-state index in [-0.39, 0.29) is 11.9 Å². The van der Waals surface area contributed by atoms with Gasteiger partial charge in [-0.25, -0.2) is 4.79 Å². The maximum absolute atomic E-state index is 12.1. The Hall–Kier alpha value is -2.75. The van der Waals surface area contributed by atoms with Gasteiger partial charge < -0.3 is 20.7 Å². The Morgan fingerprint density at radius 2 is 1.96 bits per heavy atom. The van der Waals surface area contributed by atoms with Gasteiger partial charge in [0, 0.05) is 6.04 Å². The van der Waals surface area contributed by atoms with E-state index in [0.717, 1.165) is 6.42 Å². The molecule has 2 atom stereocenters. The van der Waals surface area contributed by atoms with E-state index in [0.29, 0.717) is 23.6 Å². The molecule has 0 fully saturated rings. The molecule has 7 heteroatoms. The van der Waals surface area contributed by atoms with Crippen LogP contribution in [0.2, 0.25) is 0 Å². The summed E-state index contributed by atoms with van der Waals surface area (Å²) < 4.78 is 5.43. The monoisotopic (exact) mass is 332 g/mol. The summed E-state index contributed by atoms with van der Waals surface area (Å²) in [5, 5.41) is 17.0. The highest BCUT2D eigenvalue weighted by atomic mass is 16.5. The zero-order valence-corrected chi connectivity index (χ0v) is 14.5. The molecule has 3 N–H and O–H groups in total. The standard InChI is InChI=1S/C17H24N4O3/c1-5-11(3)19-16(22)12(4)20-17(23)21-14-9-13(10-18)7-8-15(14)24-6-2/h7-9,11-12H,5-6H2,1-4H3,(H,19,22)(H2,20,21,23)/t11-,12-/m1/s1. The van der Waals surface area contributed by atoms with Crippen LogP contribution in [0.15, 0.2) is 18.2 Å². The zero-order chi connectivity index (χ0) is 18.1. The largest absolute Gasteiger partial charge is 0.492 e. The van der Waals surface area contributed by atoms with Crippen molar-refractivity contribution in [1.29, 1.82) is 5.26 Å². The third kappa shape index (κ3) is 5.80. The molecule has 0 spiro atoms. The number of carbonyl (C=O) groups is 2. The predicted octanol–water partition coefficient (Wildman–Crippen LogP) is 2.38. The fraction of sp³-hybridized carbons (Fsp3) is 0.471. The van der Waals surface area contributed by atoms with Gasteiger partial charge in [-0.15, -0.1) is 0 Å². The second kappa shape index (κ2) is 9.40. The molecule has 0 aromatic heterocycles. The van der Waals surface area contributed by atoms with Crippen molar-refractivity contribution in [3.05, 3.63) is 23.8 Å². The van der Waals surface area contributed by atoms with E-state index in [4.69, 9.17) is 10.00 Å². The lowest BCUT2D eigenvalue weighted by molar-refractivity contribution is -0.123. The van der Waals surface area contributed by atoms with E-state index < -0.39 is 12.1 Å². The van der Waals surface area contributed by atoms with Gasteiger partial charge in [0.25, 0.3) is 0 Å². The van der Waals surface area contributed by atoms with Gasteiger partial charge >= 0.3 is 6.03 Å². The lowest BCUT2D eigenvalue weighted by Gasteiger charge is -2.18. The van der Waals surface area contributed by atoms with Crippen LogP contribution in [0.3, 0.4) is 0 Å². The van der Waals surface area contributed by atoms with Crippen LogP contribution in [0.1, 0.15) is 39.7 Å². The van der Waals surface area contributed by atoms with E-state index in [1.54, 1.807) is 19.1 Å². The SMILES string of the molecule is CCOc1ccc(C#N)cc1NC(=O)N[C@H](C)C(=O)N[C@H](C)CC. The Labute approximate surface area is 142 Å². The summed E-state index contributed by atoms with van der Waals surface area (Å²) in [5.74, 6) is 0.207. The Morgan fingerprint density at radius 3 is 2.54 bits per heavy atom. The summed E-state index contributed by atoms with van der Waals surface area (Å²) in [6.45, 7) is 7.71. The predicted molar refractivity (Wildman–Crippen MR) is 91.8 cm³/mol. The molecular formula is C17H24N4O3. The number of ether oxygens (including phenoxy) is 1. The number of anilines is 1. The Balaban J connectivity index is 2.73. The first kappa shape index (κ1) is 19.3. The number of rotatable bonds is 7. The number of amides is 3. The summed E-state index contributed by atoms with van der Waals surface area (Å²) in [4.78, 5) is 24.0. The van der Waals surface area contributed by atoms with E-state index >= 15 is 0 Å². The van der Waals surface area contributed by atoms with Crippen molar-refractivity contribution in [3.63, 3.8) is 0 Å². The van der Waals surface area contributed by atoms with Gasteiger partial charge in [0.15, 0.2) is 0 Å². The van der Waals surface area contributed by atoms with E-state index in [2.05, 4.69) is 16.0 Å². The number of carbonyl (C=O) groups excluding carboxylic acids is 2. The average Bonchev–Trinajstić information content (AvgIpc) is 2.56. The zero-order valence-electron chi connectivity index (χ0n) is 14.5. The molecule has 0 aliphatic heterocycles. The van der Waals surface area contributed by atoms with Crippen LogP contribution in [0.4, 0.5) is 10.5 Å². The third-order valence-electron chi connectivity index (χ3n) is 3.40. The summed E-state index contributed by atoms with van der Waals surface area (Å²) >= 11 is 0. The normalized spacial score (nSPS) is 12.5. The van der Waals surface area contributed by atoms with Crippen LogP contribution in [-0.2, 0) is 4.79 Å². The van der Waals surface area contributed by atoms with Crippen LogP contribution >= 0.6 is 0 Å². The topological polar surface area (TPSA) is 103 Å². The summed E-state index contributed by atoms with van der Waals surface area (Å²) in [7, 11) is 0. The summed E-state index contributed by atoms with van der Waals surface area (Å²) in [6.07, 6.45) is 0.809. The number of urea groups is 1. The van der Waals surface area contributed by atoms with Gasteiger partial charge in [-0.3, -0.25) is 4.79 Å². The molecule has 0 radical (unpaired) electrons. The maximum Gasteiger partial charge on any atom is 0.319 e. The summed E-state index contributed by atoms with van der Waals surface area (Å²) in [5.41, 5.74) is 0.777. The van der Waals surface area contributed by atoms with Gasteiger partial charge in [0.05, 0.1) is 23.9 Å². The number of nitrogens with zero attached hydrogens (tertiary/aromatic N) is 1. The molecule has 0 saturated carbocycles. The number of nitrogens with one attached hydrogen (secondary N) is 3. The van der Waals surface area contributed by atoms with E-state index in [1.807, 2.05) is 26.8 Å². The van der Waals surface area contributed by atoms with E-state index in [9.17, 15) is 9.59 Å². The number of hydrogen-bond donors (Lipinski definition) is 3. The number of benzene rings is 1. The Kier molecular flexibility index (Phi) is 7.56. The number of hydrogen-bond acceptors (Lipinski definition) is 4. The minimum absolute atomic E-state index is 0.0432. The smallest absolute Gasteiger partial charge is 0.319 e. The number of nitriles is 1. The Bertz CT molecular complexity index is 625. The molecule has 1 rings (SSSR count). The molecule has 7 nitrogen and oxygen atoms in total. The minimum atomic E-state index is -0.686. The van der Waals surface area contributed by atoms with Crippen molar-refractivity contribution in [1.82, 2.24) is 10.6 Å². The first-order chi connectivity index (χ1) is 11.4. The van der Waals surface area contributed by atoms with Crippen molar-refractivity contribution >= 4 is 17.6 Å². The van der Waals surface area contributed by atoms with Crippen LogP contribution < -0.4 is 20.7 Å². The molecule has 0 saturated heterocycles.